The summed E-state index contributed by atoms with van der Waals surface area (Å²) in [5, 5.41) is 11.8. The molecule has 0 aromatic carbocycles. The highest BCUT2D eigenvalue weighted by Crippen LogP contribution is 2.48. The van der Waals surface area contributed by atoms with Crippen LogP contribution in [0.3, 0.4) is 0 Å². The van der Waals surface area contributed by atoms with E-state index in [-0.39, 0.29) is 23.9 Å². The summed E-state index contributed by atoms with van der Waals surface area (Å²) < 4.78 is 5.58. The first-order valence-electron chi connectivity index (χ1n) is 6.46. The Balaban J connectivity index is 2.16. The van der Waals surface area contributed by atoms with Crippen molar-refractivity contribution in [1.29, 1.82) is 0 Å². The summed E-state index contributed by atoms with van der Waals surface area (Å²) in [5.41, 5.74) is 4.91. The second-order valence-corrected chi connectivity index (χ2v) is 5.23. The predicted molar refractivity (Wildman–Crippen MR) is 66.3 cm³/mol. The van der Waals surface area contributed by atoms with E-state index in [0.717, 1.165) is 6.42 Å². The van der Waals surface area contributed by atoms with Crippen LogP contribution in [0.4, 0.5) is 0 Å². The maximum absolute atomic E-state index is 12.6. The second kappa shape index (κ2) is 4.76. The summed E-state index contributed by atoms with van der Waals surface area (Å²) in [5.74, 6) is 0.0290. The zero-order valence-corrected chi connectivity index (χ0v) is 10.9. The van der Waals surface area contributed by atoms with Gasteiger partial charge < -0.3 is 20.6 Å². The predicted octanol–water partition coefficient (Wildman–Crippen LogP) is 0.539. The van der Waals surface area contributed by atoms with Gasteiger partial charge in [-0.1, -0.05) is 12.1 Å². The molecule has 102 valence electrons. The number of morpholine rings is 1. The molecular weight excluding hydrogens is 234 g/mol. The van der Waals surface area contributed by atoms with Crippen LogP contribution < -0.4 is 5.73 Å². The topological polar surface area (TPSA) is 88.2 Å². The molecular formula is C12H21N3O3. The molecule has 6 nitrogen and oxygen atoms in total. The summed E-state index contributed by atoms with van der Waals surface area (Å²) >= 11 is 0. The number of hydrogen-bond acceptors (Lipinski definition) is 4. The van der Waals surface area contributed by atoms with Gasteiger partial charge in [-0.3, -0.25) is 4.79 Å². The second-order valence-electron chi connectivity index (χ2n) is 5.23. The minimum atomic E-state index is -0.751. The number of hydrogen-bond donors (Lipinski definition) is 2. The quantitative estimate of drug-likeness (QED) is 0.333. The maximum Gasteiger partial charge on any atom is 0.236 e. The smallest absolute Gasteiger partial charge is 0.236 e. The highest BCUT2D eigenvalue weighted by molar-refractivity contribution is 6.09. The number of carbonyl (C=O) groups is 1. The molecule has 1 saturated carbocycles. The van der Waals surface area contributed by atoms with Gasteiger partial charge in [0.05, 0.1) is 18.8 Å². The van der Waals surface area contributed by atoms with E-state index in [0.29, 0.717) is 26.0 Å². The van der Waals surface area contributed by atoms with Gasteiger partial charge in [0.2, 0.25) is 5.91 Å². The van der Waals surface area contributed by atoms with Crippen LogP contribution in [0.2, 0.25) is 0 Å². The van der Waals surface area contributed by atoms with E-state index in [1.807, 2.05) is 18.7 Å². The van der Waals surface area contributed by atoms with Crippen molar-refractivity contribution in [2.24, 2.45) is 16.3 Å². The molecule has 1 aliphatic carbocycles. The molecule has 18 heavy (non-hydrogen) atoms. The molecule has 2 fully saturated rings. The van der Waals surface area contributed by atoms with Crippen molar-refractivity contribution in [2.75, 3.05) is 13.2 Å². The Morgan fingerprint density at radius 1 is 1.61 bits per heavy atom. The Bertz CT molecular complexity index is 366. The Morgan fingerprint density at radius 2 is 2.28 bits per heavy atom. The molecule has 1 saturated heterocycles. The average molecular weight is 255 g/mol. The molecule has 0 bridgehead atoms. The Morgan fingerprint density at radius 3 is 2.78 bits per heavy atom. The van der Waals surface area contributed by atoms with E-state index in [9.17, 15) is 4.79 Å². The number of amides is 1. The molecule has 1 amide bonds. The third-order valence-electron chi connectivity index (χ3n) is 3.96. The van der Waals surface area contributed by atoms with Crippen LogP contribution in [0.5, 0.6) is 0 Å². The van der Waals surface area contributed by atoms with Gasteiger partial charge in [0.15, 0.2) is 5.84 Å². The van der Waals surface area contributed by atoms with Gasteiger partial charge in [-0.15, -0.1) is 0 Å². The van der Waals surface area contributed by atoms with E-state index in [4.69, 9.17) is 15.7 Å². The molecule has 1 heterocycles. The van der Waals surface area contributed by atoms with Gasteiger partial charge in [-0.25, -0.2) is 0 Å². The number of nitrogens with two attached hydrogens (primary N) is 1. The zero-order valence-electron chi connectivity index (χ0n) is 10.9. The van der Waals surface area contributed by atoms with Gasteiger partial charge in [-0.2, -0.15) is 0 Å². The van der Waals surface area contributed by atoms with E-state index < -0.39 is 5.41 Å². The number of nitrogens with zero attached hydrogens (tertiary/aromatic N) is 2. The Labute approximate surface area is 107 Å². The van der Waals surface area contributed by atoms with Crippen molar-refractivity contribution >= 4 is 11.7 Å². The lowest BCUT2D eigenvalue weighted by atomic mass is 10.0. The van der Waals surface area contributed by atoms with Crippen LogP contribution in [0.25, 0.3) is 0 Å². The van der Waals surface area contributed by atoms with Crippen LogP contribution >= 0.6 is 0 Å². The highest BCUT2D eigenvalue weighted by Gasteiger charge is 2.56. The molecule has 0 aromatic heterocycles. The summed E-state index contributed by atoms with van der Waals surface area (Å²) in [6, 6.07) is 0.0951. The fourth-order valence-electron chi connectivity index (χ4n) is 2.51. The van der Waals surface area contributed by atoms with E-state index in [1.165, 1.54) is 0 Å². The first-order chi connectivity index (χ1) is 8.55. The number of oxime groups is 1. The Kier molecular flexibility index (Phi) is 3.47. The van der Waals surface area contributed by atoms with Crippen LogP contribution in [-0.4, -0.2) is 47.1 Å². The molecule has 2 atom stereocenters. The lowest BCUT2D eigenvalue weighted by Crippen LogP contribution is -2.55. The number of ether oxygens (including phenoxy) is 1. The molecule has 2 rings (SSSR count). The van der Waals surface area contributed by atoms with Crippen molar-refractivity contribution in [3.8, 4) is 0 Å². The summed E-state index contributed by atoms with van der Waals surface area (Å²) in [6.45, 7) is 5.13. The van der Waals surface area contributed by atoms with Gasteiger partial charge in [0, 0.05) is 6.54 Å². The van der Waals surface area contributed by atoms with E-state index in [1.54, 1.807) is 0 Å². The molecule has 2 aliphatic rings. The average Bonchev–Trinajstić information content (AvgIpc) is 3.18. The van der Waals surface area contributed by atoms with Crippen LogP contribution in [0.1, 0.15) is 33.1 Å². The summed E-state index contributed by atoms with van der Waals surface area (Å²) in [6.07, 6.45) is 2.23. The van der Waals surface area contributed by atoms with Crippen molar-refractivity contribution in [1.82, 2.24) is 4.90 Å². The van der Waals surface area contributed by atoms with Crippen molar-refractivity contribution in [2.45, 2.75) is 45.3 Å². The number of amidine groups is 1. The van der Waals surface area contributed by atoms with Gasteiger partial charge in [0.1, 0.15) is 5.41 Å². The van der Waals surface area contributed by atoms with Crippen LogP contribution in [0, 0.1) is 5.41 Å². The summed E-state index contributed by atoms with van der Waals surface area (Å²) in [4.78, 5) is 14.4. The Hall–Kier alpha value is -1.30. The minimum absolute atomic E-state index is 0.0141. The lowest BCUT2D eigenvalue weighted by Gasteiger charge is -2.40. The van der Waals surface area contributed by atoms with Gasteiger partial charge in [-0.05, 0) is 26.2 Å². The van der Waals surface area contributed by atoms with Crippen molar-refractivity contribution in [3.63, 3.8) is 0 Å². The van der Waals surface area contributed by atoms with Crippen LogP contribution in [-0.2, 0) is 9.53 Å². The van der Waals surface area contributed by atoms with Crippen LogP contribution in [0.15, 0.2) is 5.16 Å². The lowest BCUT2D eigenvalue weighted by molar-refractivity contribution is -0.147. The molecule has 0 radical (unpaired) electrons. The van der Waals surface area contributed by atoms with Gasteiger partial charge in [0.25, 0.3) is 0 Å². The largest absolute Gasteiger partial charge is 0.409 e. The van der Waals surface area contributed by atoms with Crippen molar-refractivity contribution in [3.05, 3.63) is 0 Å². The standard InChI is InChI=1S/C12H21N3O3/c1-3-9-7-18-8(2)6-15(9)11(16)12(4-5-12)10(13)14-17/h8-9,17H,3-7H2,1-2H3,(H2,13,14). The van der Waals surface area contributed by atoms with Crippen molar-refractivity contribution < 1.29 is 14.7 Å². The molecule has 0 spiro atoms. The number of carbonyl (C=O) groups excluding carboxylic acids is 1. The number of rotatable bonds is 3. The molecule has 0 aromatic rings. The zero-order chi connectivity index (χ0) is 13.3. The van der Waals surface area contributed by atoms with Gasteiger partial charge >= 0.3 is 0 Å². The molecule has 3 N–H and O–H groups in total. The summed E-state index contributed by atoms with van der Waals surface area (Å²) in [7, 11) is 0. The SMILES string of the molecule is CCC1COC(C)CN1C(=O)C1(C(N)=NO)CC1. The third kappa shape index (κ3) is 2.05. The highest BCUT2D eigenvalue weighted by atomic mass is 16.5. The fourth-order valence-corrected chi connectivity index (χ4v) is 2.51. The first kappa shape index (κ1) is 13.1. The molecule has 1 aliphatic heterocycles. The molecule has 6 heteroatoms. The fraction of sp³-hybridized carbons (Fsp3) is 0.833. The maximum atomic E-state index is 12.6. The van der Waals surface area contributed by atoms with E-state index >= 15 is 0 Å². The normalized spacial score (nSPS) is 31.2. The minimum Gasteiger partial charge on any atom is -0.409 e. The molecule has 2 unspecified atom stereocenters. The van der Waals surface area contributed by atoms with E-state index in [2.05, 4.69) is 5.16 Å². The monoisotopic (exact) mass is 255 g/mol. The first-order valence-corrected chi connectivity index (χ1v) is 6.46. The third-order valence-corrected chi connectivity index (χ3v) is 3.96.